The summed E-state index contributed by atoms with van der Waals surface area (Å²) in [5.41, 5.74) is 2.26. The number of hydrogen-bond acceptors (Lipinski definition) is 2. The molecule has 0 saturated heterocycles. The summed E-state index contributed by atoms with van der Waals surface area (Å²) in [6.45, 7) is 1.71. The van der Waals surface area contributed by atoms with Crippen LogP contribution >= 0.6 is 0 Å². The molecule has 0 bridgehead atoms. The van der Waals surface area contributed by atoms with Crippen LogP contribution in [-0.4, -0.2) is 29.9 Å². The molecule has 19 heavy (non-hydrogen) atoms. The molecular weight excluding hydrogens is 236 g/mol. The van der Waals surface area contributed by atoms with Gasteiger partial charge in [-0.1, -0.05) is 37.5 Å². The van der Waals surface area contributed by atoms with Gasteiger partial charge in [-0.05, 0) is 24.5 Å². The summed E-state index contributed by atoms with van der Waals surface area (Å²) in [6.07, 6.45) is 6.80. The van der Waals surface area contributed by atoms with E-state index >= 15 is 0 Å². The monoisotopic (exact) mass is 258 g/mol. The van der Waals surface area contributed by atoms with Crippen LogP contribution in [0.5, 0.6) is 0 Å². The van der Waals surface area contributed by atoms with Gasteiger partial charge in [0.05, 0.1) is 6.42 Å². The van der Waals surface area contributed by atoms with Crippen molar-refractivity contribution in [3.05, 3.63) is 29.8 Å². The van der Waals surface area contributed by atoms with E-state index in [2.05, 4.69) is 22.3 Å². The number of amides is 1. The molecule has 1 aliphatic carbocycles. The van der Waals surface area contributed by atoms with Crippen LogP contribution in [0.2, 0.25) is 0 Å². The van der Waals surface area contributed by atoms with Crippen molar-refractivity contribution in [3.63, 3.8) is 0 Å². The van der Waals surface area contributed by atoms with Gasteiger partial charge in [0.1, 0.15) is 0 Å². The van der Waals surface area contributed by atoms with Gasteiger partial charge in [-0.2, -0.15) is 0 Å². The molecule has 0 radical (unpaired) electrons. The van der Waals surface area contributed by atoms with Crippen molar-refractivity contribution in [2.75, 3.05) is 18.4 Å². The first-order chi connectivity index (χ1) is 9.34. The van der Waals surface area contributed by atoms with E-state index in [-0.39, 0.29) is 0 Å². The van der Waals surface area contributed by atoms with Gasteiger partial charge in [0.15, 0.2) is 0 Å². The zero-order valence-electron chi connectivity index (χ0n) is 11.4. The average molecular weight is 258 g/mol. The van der Waals surface area contributed by atoms with Gasteiger partial charge in [-0.3, -0.25) is 4.79 Å². The first-order valence-corrected chi connectivity index (χ1v) is 7.46. The number of carbonyl (C=O) groups is 1. The van der Waals surface area contributed by atoms with Crippen molar-refractivity contribution in [3.8, 4) is 0 Å². The molecule has 1 N–H and O–H groups in total. The highest BCUT2D eigenvalue weighted by molar-refractivity contribution is 5.81. The van der Waals surface area contributed by atoms with E-state index in [1.54, 1.807) is 0 Å². The van der Waals surface area contributed by atoms with Gasteiger partial charge < -0.3 is 10.2 Å². The normalized spacial score (nSPS) is 21.3. The van der Waals surface area contributed by atoms with E-state index in [0.717, 1.165) is 24.3 Å². The lowest BCUT2D eigenvalue weighted by atomic mass is 9.93. The Morgan fingerprint density at radius 2 is 1.89 bits per heavy atom. The molecule has 2 aliphatic rings. The summed E-state index contributed by atoms with van der Waals surface area (Å²) in [7, 11) is 0. The van der Waals surface area contributed by atoms with Crippen molar-refractivity contribution in [2.24, 2.45) is 0 Å². The van der Waals surface area contributed by atoms with Crippen molar-refractivity contribution in [1.29, 1.82) is 0 Å². The zero-order chi connectivity index (χ0) is 13.1. The molecule has 102 valence electrons. The predicted octanol–water partition coefficient (Wildman–Crippen LogP) is 2.82. The molecule has 3 nitrogen and oxygen atoms in total. The summed E-state index contributed by atoms with van der Waals surface area (Å²) in [4.78, 5) is 14.7. The maximum Gasteiger partial charge on any atom is 0.227 e. The van der Waals surface area contributed by atoms with Crippen LogP contribution in [0.15, 0.2) is 24.3 Å². The van der Waals surface area contributed by atoms with Gasteiger partial charge in [0.25, 0.3) is 0 Å². The van der Waals surface area contributed by atoms with Gasteiger partial charge >= 0.3 is 0 Å². The summed E-state index contributed by atoms with van der Waals surface area (Å²) in [5, 5.41) is 3.46. The SMILES string of the molecule is O=C1Cc2ccccc2NCCN1C1CCCCC1. The van der Waals surface area contributed by atoms with E-state index in [1.165, 1.54) is 32.1 Å². The van der Waals surface area contributed by atoms with Crippen molar-refractivity contribution < 1.29 is 4.79 Å². The highest BCUT2D eigenvalue weighted by Crippen LogP contribution is 2.25. The Balaban J connectivity index is 1.77. The molecule has 3 rings (SSSR count). The average Bonchev–Trinajstić information content (AvgIpc) is 2.44. The number of nitrogens with one attached hydrogen (secondary N) is 1. The molecule has 0 spiro atoms. The van der Waals surface area contributed by atoms with Crippen molar-refractivity contribution >= 4 is 11.6 Å². The topological polar surface area (TPSA) is 32.3 Å². The second-order valence-corrected chi connectivity index (χ2v) is 5.64. The highest BCUT2D eigenvalue weighted by atomic mass is 16.2. The van der Waals surface area contributed by atoms with Gasteiger partial charge in [-0.25, -0.2) is 0 Å². The number of anilines is 1. The summed E-state index contributed by atoms with van der Waals surface area (Å²) in [5.74, 6) is 0.306. The van der Waals surface area contributed by atoms with Crippen LogP contribution in [-0.2, 0) is 11.2 Å². The van der Waals surface area contributed by atoms with Gasteiger partial charge in [0.2, 0.25) is 5.91 Å². The van der Waals surface area contributed by atoms with Crippen LogP contribution in [0.25, 0.3) is 0 Å². The summed E-state index contributed by atoms with van der Waals surface area (Å²) < 4.78 is 0. The minimum Gasteiger partial charge on any atom is -0.383 e. The van der Waals surface area contributed by atoms with Crippen LogP contribution in [0.3, 0.4) is 0 Å². The number of benzene rings is 1. The highest BCUT2D eigenvalue weighted by Gasteiger charge is 2.26. The number of rotatable bonds is 1. The third kappa shape index (κ3) is 2.75. The van der Waals surface area contributed by atoms with E-state index in [1.807, 2.05) is 12.1 Å². The lowest BCUT2D eigenvalue weighted by molar-refractivity contribution is -0.133. The Labute approximate surface area is 115 Å². The Morgan fingerprint density at radius 3 is 2.74 bits per heavy atom. The molecule has 3 heteroatoms. The Hall–Kier alpha value is -1.51. The second kappa shape index (κ2) is 5.64. The smallest absolute Gasteiger partial charge is 0.227 e. The van der Waals surface area contributed by atoms with E-state index in [0.29, 0.717) is 18.4 Å². The number of carbonyl (C=O) groups excluding carboxylic acids is 1. The fourth-order valence-electron chi connectivity index (χ4n) is 3.33. The van der Waals surface area contributed by atoms with Gasteiger partial charge in [0, 0.05) is 24.8 Å². The minimum atomic E-state index is 0.306. The number of hydrogen-bond donors (Lipinski definition) is 1. The predicted molar refractivity (Wildman–Crippen MR) is 77.2 cm³/mol. The second-order valence-electron chi connectivity index (χ2n) is 5.64. The first-order valence-electron chi connectivity index (χ1n) is 7.46. The molecule has 1 aromatic carbocycles. The summed E-state index contributed by atoms with van der Waals surface area (Å²) >= 11 is 0. The van der Waals surface area contributed by atoms with E-state index < -0.39 is 0 Å². The van der Waals surface area contributed by atoms with Crippen LogP contribution < -0.4 is 5.32 Å². The quantitative estimate of drug-likeness (QED) is 0.840. The first kappa shape index (κ1) is 12.5. The maximum absolute atomic E-state index is 12.5. The molecule has 1 aliphatic heterocycles. The fourth-order valence-corrected chi connectivity index (χ4v) is 3.33. The largest absolute Gasteiger partial charge is 0.383 e. The molecular formula is C16H22N2O. The Morgan fingerprint density at radius 1 is 1.11 bits per heavy atom. The third-order valence-corrected chi connectivity index (χ3v) is 4.36. The lowest BCUT2D eigenvalue weighted by Gasteiger charge is -2.36. The van der Waals surface area contributed by atoms with E-state index in [4.69, 9.17) is 0 Å². The number of para-hydroxylation sites is 1. The fraction of sp³-hybridized carbons (Fsp3) is 0.562. The molecule has 0 unspecified atom stereocenters. The van der Waals surface area contributed by atoms with Crippen LogP contribution in [0.4, 0.5) is 5.69 Å². The molecule has 0 aromatic heterocycles. The lowest BCUT2D eigenvalue weighted by Crippen LogP contribution is -2.45. The van der Waals surface area contributed by atoms with Crippen molar-refractivity contribution in [1.82, 2.24) is 4.90 Å². The standard InChI is InChI=1S/C16H22N2O/c19-16-12-13-6-4-5-9-15(13)17-10-11-18(16)14-7-2-1-3-8-14/h4-6,9,14,17H,1-3,7-8,10-12H2. The molecule has 1 amide bonds. The molecule has 1 saturated carbocycles. The molecule has 1 aromatic rings. The molecule has 0 atom stereocenters. The molecule has 1 heterocycles. The van der Waals surface area contributed by atoms with Crippen LogP contribution in [0, 0.1) is 0 Å². The van der Waals surface area contributed by atoms with Crippen LogP contribution in [0.1, 0.15) is 37.7 Å². The summed E-state index contributed by atoms with van der Waals surface area (Å²) in [6, 6.07) is 8.65. The molecule has 1 fully saturated rings. The minimum absolute atomic E-state index is 0.306. The number of nitrogens with zero attached hydrogens (tertiary/aromatic N) is 1. The Bertz CT molecular complexity index is 452. The van der Waals surface area contributed by atoms with E-state index in [9.17, 15) is 4.79 Å². The van der Waals surface area contributed by atoms with Crippen molar-refractivity contribution in [2.45, 2.75) is 44.6 Å². The van der Waals surface area contributed by atoms with Gasteiger partial charge in [-0.15, -0.1) is 0 Å². The zero-order valence-corrected chi connectivity index (χ0v) is 11.4. The third-order valence-electron chi connectivity index (χ3n) is 4.36. The maximum atomic E-state index is 12.5. The number of fused-ring (bicyclic) bond motifs is 1. The Kier molecular flexibility index (Phi) is 3.72.